The molecule has 0 bridgehead atoms. The van der Waals surface area contributed by atoms with Crippen LogP contribution >= 0.6 is 0 Å². The Morgan fingerprint density at radius 1 is 1.33 bits per heavy atom. The molecule has 1 atom stereocenters. The van der Waals surface area contributed by atoms with Crippen LogP contribution in [0, 0.1) is 0 Å². The molecule has 0 amide bonds. The van der Waals surface area contributed by atoms with Crippen molar-refractivity contribution in [2.24, 2.45) is 0 Å². The van der Waals surface area contributed by atoms with Crippen molar-refractivity contribution in [3.63, 3.8) is 0 Å². The number of methoxy groups -OCH3 is 1. The monoisotopic (exact) mass is 217 g/mol. The van der Waals surface area contributed by atoms with Gasteiger partial charge in [-0.2, -0.15) is 0 Å². The maximum Gasteiger partial charge on any atom is 0.323 e. The van der Waals surface area contributed by atoms with Crippen LogP contribution in [-0.4, -0.2) is 50.2 Å². The number of carbonyl (C=O) groups is 2. The molecule has 1 unspecified atom stereocenters. The van der Waals surface area contributed by atoms with Gasteiger partial charge in [0.1, 0.15) is 6.04 Å². The number of ether oxygens (including phenoxy) is 2. The molecule has 0 aliphatic carbocycles. The second-order valence-electron chi connectivity index (χ2n) is 3.17. The van der Waals surface area contributed by atoms with Crippen molar-refractivity contribution in [1.29, 1.82) is 0 Å². The van der Waals surface area contributed by atoms with Gasteiger partial charge in [-0.1, -0.05) is 6.92 Å². The first-order valence-corrected chi connectivity index (χ1v) is 5.00. The molecule has 0 spiro atoms. The molecule has 0 rings (SSSR count). The largest absolute Gasteiger partial charge is 0.468 e. The Kier molecular flexibility index (Phi) is 6.70. The lowest BCUT2D eigenvalue weighted by Crippen LogP contribution is -2.42. The summed E-state index contributed by atoms with van der Waals surface area (Å²) in [4.78, 5) is 24.1. The predicted molar refractivity (Wildman–Crippen MR) is 55.4 cm³/mol. The summed E-state index contributed by atoms with van der Waals surface area (Å²) in [5, 5.41) is 0. The molecule has 0 aliphatic rings. The van der Waals surface area contributed by atoms with Gasteiger partial charge in [0.25, 0.3) is 0 Å². The Morgan fingerprint density at radius 2 is 1.93 bits per heavy atom. The fraction of sp³-hybridized carbons (Fsp3) is 0.800. The summed E-state index contributed by atoms with van der Waals surface area (Å²) >= 11 is 0. The van der Waals surface area contributed by atoms with Crippen molar-refractivity contribution in [1.82, 2.24) is 4.90 Å². The van der Waals surface area contributed by atoms with E-state index in [1.54, 1.807) is 18.9 Å². The lowest BCUT2D eigenvalue weighted by molar-refractivity contribution is -0.151. The smallest absolute Gasteiger partial charge is 0.323 e. The molecule has 0 aromatic rings. The van der Waals surface area contributed by atoms with Gasteiger partial charge in [0.05, 0.1) is 20.3 Å². The Morgan fingerprint density at radius 3 is 2.33 bits per heavy atom. The van der Waals surface area contributed by atoms with E-state index < -0.39 is 0 Å². The molecule has 0 aromatic heterocycles. The lowest BCUT2D eigenvalue weighted by Gasteiger charge is -2.23. The van der Waals surface area contributed by atoms with Gasteiger partial charge in [0.15, 0.2) is 0 Å². The third kappa shape index (κ3) is 4.78. The number of esters is 2. The van der Waals surface area contributed by atoms with E-state index in [-0.39, 0.29) is 24.5 Å². The quantitative estimate of drug-likeness (QED) is 0.604. The SMILES string of the molecule is CCOC(=O)C(CC)N(C)CC(=O)OC. The zero-order valence-electron chi connectivity index (χ0n) is 9.78. The zero-order chi connectivity index (χ0) is 11.8. The highest BCUT2D eigenvalue weighted by molar-refractivity contribution is 5.77. The number of hydrogen-bond donors (Lipinski definition) is 0. The average molecular weight is 217 g/mol. The Bertz CT molecular complexity index is 217. The Balaban J connectivity index is 4.26. The van der Waals surface area contributed by atoms with Crippen LogP contribution in [0.5, 0.6) is 0 Å². The summed E-state index contributed by atoms with van der Waals surface area (Å²) in [6.07, 6.45) is 0.603. The summed E-state index contributed by atoms with van der Waals surface area (Å²) in [6.45, 7) is 4.06. The van der Waals surface area contributed by atoms with Gasteiger partial charge in [-0.25, -0.2) is 0 Å². The molecule has 0 fully saturated rings. The molecule has 0 radical (unpaired) electrons. The van der Waals surface area contributed by atoms with Gasteiger partial charge >= 0.3 is 11.9 Å². The average Bonchev–Trinajstić information content (AvgIpc) is 2.19. The van der Waals surface area contributed by atoms with Gasteiger partial charge in [-0.05, 0) is 20.4 Å². The third-order valence-corrected chi connectivity index (χ3v) is 2.08. The van der Waals surface area contributed by atoms with Crippen LogP contribution in [0.15, 0.2) is 0 Å². The highest BCUT2D eigenvalue weighted by atomic mass is 16.5. The highest BCUT2D eigenvalue weighted by Gasteiger charge is 2.24. The first-order chi connectivity index (χ1) is 7.06. The van der Waals surface area contributed by atoms with Crippen LogP contribution in [-0.2, 0) is 19.1 Å². The normalized spacial score (nSPS) is 12.3. The molecular weight excluding hydrogens is 198 g/mol. The molecule has 0 N–H and O–H groups in total. The van der Waals surface area contributed by atoms with Crippen molar-refractivity contribution in [2.75, 3.05) is 27.3 Å². The molecule has 15 heavy (non-hydrogen) atoms. The fourth-order valence-corrected chi connectivity index (χ4v) is 1.28. The van der Waals surface area contributed by atoms with E-state index in [4.69, 9.17) is 4.74 Å². The highest BCUT2D eigenvalue weighted by Crippen LogP contribution is 2.04. The van der Waals surface area contributed by atoms with Crippen LogP contribution in [0.1, 0.15) is 20.3 Å². The lowest BCUT2D eigenvalue weighted by atomic mass is 10.2. The van der Waals surface area contributed by atoms with Crippen molar-refractivity contribution < 1.29 is 19.1 Å². The van der Waals surface area contributed by atoms with E-state index in [0.29, 0.717) is 13.0 Å². The summed E-state index contributed by atoms with van der Waals surface area (Å²) in [7, 11) is 3.02. The van der Waals surface area contributed by atoms with Crippen molar-refractivity contribution >= 4 is 11.9 Å². The van der Waals surface area contributed by atoms with Crippen molar-refractivity contribution in [3.8, 4) is 0 Å². The molecule has 0 saturated heterocycles. The number of carbonyl (C=O) groups excluding carboxylic acids is 2. The number of hydrogen-bond acceptors (Lipinski definition) is 5. The minimum Gasteiger partial charge on any atom is -0.468 e. The topological polar surface area (TPSA) is 55.8 Å². The van der Waals surface area contributed by atoms with E-state index in [1.807, 2.05) is 6.92 Å². The molecule has 0 heterocycles. The van der Waals surface area contributed by atoms with Gasteiger partial charge in [0.2, 0.25) is 0 Å². The standard InChI is InChI=1S/C10H19NO4/c1-5-8(10(13)15-6-2)11(3)7-9(12)14-4/h8H,5-7H2,1-4H3. The first-order valence-electron chi connectivity index (χ1n) is 5.00. The summed E-state index contributed by atoms with van der Waals surface area (Å²) in [5.74, 6) is -0.661. The van der Waals surface area contributed by atoms with Crippen molar-refractivity contribution in [3.05, 3.63) is 0 Å². The number of nitrogens with zero attached hydrogens (tertiary/aromatic N) is 1. The summed E-state index contributed by atoms with van der Waals surface area (Å²) < 4.78 is 9.42. The van der Waals surface area contributed by atoms with Crippen LogP contribution in [0.4, 0.5) is 0 Å². The first kappa shape index (κ1) is 13.9. The molecule has 5 nitrogen and oxygen atoms in total. The van der Waals surface area contributed by atoms with E-state index in [2.05, 4.69) is 4.74 Å². The van der Waals surface area contributed by atoms with Gasteiger partial charge in [-0.3, -0.25) is 14.5 Å². The van der Waals surface area contributed by atoms with Crippen LogP contribution in [0.3, 0.4) is 0 Å². The molecule has 0 saturated carbocycles. The second-order valence-corrected chi connectivity index (χ2v) is 3.17. The second kappa shape index (κ2) is 7.23. The fourth-order valence-electron chi connectivity index (χ4n) is 1.28. The van der Waals surface area contributed by atoms with Crippen LogP contribution < -0.4 is 0 Å². The summed E-state index contributed by atoms with van der Waals surface area (Å²) in [5.41, 5.74) is 0. The number of likely N-dealkylation sites (N-methyl/N-ethyl adjacent to an activating group) is 1. The summed E-state index contributed by atoms with van der Waals surface area (Å²) in [6, 6.07) is -0.385. The van der Waals surface area contributed by atoms with Crippen molar-refractivity contribution in [2.45, 2.75) is 26.3 Å². The Labute approximate surface area is 90.3 Å². The van der Waals surface area contributed by atoms with Crippen LogP contribution in [0.2, 0.25) is 0 Å². The predicted octanol–water partition coefficient (Wildman–Crippen LogP) is 0.433. The minimum atomic E-state index is -0.385. The van der Waals surface area contributed by atoms with E-state index >= 15 is 0 Å². The van der Waals surface area contributed by atoms with E-state index in [0.717, 1.165) is 0 Å². The maximum absolute atomic E-state index is 11.5. The molecular formula is C10H19NO4. The number of rotatable bonds is 6. The molecule has 0 aliphatic heterocycles. The Hall–Kier alpha value is -1.10. The van der Waals surface area contributed by atoms with Gasteiger partial charge in [-0.15, -0.1) is 0 Å². The maximum atomic E-state index is 11.5. The third-order valence-electron chi connectivity index (χ3n) is 2.08. The van der Waals surface area contributed by atoms with Gasteiger partial charge < -0.3 is 9.47 Å². The van der Waals surface area contributed by atoms with E-state index in [9.17, 15) is 9.59 Å². The minimum absolute atomic E-state index is 0.0911. The zero-order valence-corrected chi connectivity index (χ0v) is 9.78. The van der Waals surface area contributed by atoms with Gasteiger partial charge in [0, 0.05) is 0 Å². The molecule has 88 valence electrons. The van der Waals surface area contributed by atoms with Crippen LogP contribution in [0.25, 0.3) is 0 Å². The molecule has 0 aromatic carbocycles. The molecule has 5 heteroatoms. The van der Waals surface area contributed by atoms with E-state index in [1.165, 1.54) is 7.11 Å².